The SMILES string of the molecule is CCC1CCCCC1Oc1cc(C(C)N)ccn1. The minimum absolute atomic E-state index is 0.0312. The summed E-state index contributed by atoms with van der Waals surface area (Å²) in [5.74, 6) is 1.41. The highest BCUT2D eigenvalue weighted by Gasteiger charge is 2.25. The van der Waals surface area contributed by atoms with Crippen molar-refractivity contribution in [3.63, 3.8) is 0 Å². The van der Waals surface area contributed by atoms with Gasteiger partial charge in [-0.3, -0.25) is 0 Å². The third-order valence-electron chi connectivity index (χ3n) is 3.92. The Labute approximate surface area is 110 Å². The first-order valence-corrected chi connectivity index (χ1v) is 7.09. The van der Waals surface area contributed by atoms with Crippen LogP contribution in [0.15, 0.2) is 18.3 Å². The van der Waals surface area contributed by atoms with Gasteiger partial charge in [-0.1, -0.05) is 13.3 Å². The van der Waals surface area contributed by atoms with E-state index < -0.39 is 0 Å². The van der Waals surface area contributed by atoms with Crippen LogP contribution in [-0.2, 0) is 0 Å². The summed E-state index contributed by atoms with van der Waals surface area (Å²) in [7, 11) is 0. The normalized spacial score (nSPS) is 25.7. The van der Waals surface area contributed by atoms with Gasteiger partial charge >= 0.3 is 0 Å². The molecule has 1 saturated carbocycles. The van der Waals surface area contributed by atoms with Crippen LogP contribution in [0, 0.1) is 5.92 Å². The summed E-state index contributed by atoms with van der Waals surface area (Å²) < 4.78 is 6.08. The molecule has 100 valence electrons. The van der Waals surface area contributed by atoms with Gasteiger partial charge in [-0.05, 0) is 50.2 Å². The molecular weight excluding hydrogens is 224 g/mol. The molecule has 1 aliphatic rings. The quantitative estimate of drug-likeness (QED) is 0.887. The molecule has 0 radical (unpaired) electrons. The molecule has 0 spiro atoms. The van der Waals surface area contributed by atoms with E-state index in [1.54, 1.807) is 6.20 Å². The Balaban J connectivity index is 2.05. The standard InChI is InChI=1S/C15H24N2O/c1-3-12-6-4-5-7-14(12)18-15-10-13(11(2)16)8-9-17-15/h8-12,14H,3-7,16H2,1-2H3. The lowest BCUT2D eigenvalue weighted by Gasteiger charge is -2.30. The zero-order valence-electron chi connectivity index (χ0n) is 11.4. The fourth-order valence-electron chi connectivity index (χ4n) is 2.72. The van der Waals surface area contributed by atoms with Gasteiger partial charge in [0.15, 0.2) is 0 Å². The molecule has 1 aromatic rings. The molecule has 1 heterocycles. The molecule has 1 fully saturated rings. The Kier molecular flexibility index (Phi) is 4.59. The molecule has 1 aromatic heterocycles. The molecule has 2 N–H and O–H groups in total. The second-order valence-corrected chi connectivity index (χ2v) is 5.33. The molecule has 2 rings (SSSR count). The van der Waals surface area contributed by atoms with Gasteiger partial charge in [-0.15, -0.1) is 0 Å². The highest BCUT2D eigenvalue weighted by molar-refractivity contribution is 5.23. The van der Waals surface area contributed by atoms with E-state index in [0.29, 0.717) is 12.0 Å². The van der Waals surface area contributed by atoms with Gasteiger partial charge in [0.2, 0.25) is 5.88 Å². The molecule has 0 aliphatic heterocycles. The Morgan fingerprint density at radius 2 is 2.22 bits per heavy atom. The summed E-state index contributed by atoms with van der Waals surface area (Å²) >= 11 is 0. The van der Waals surface area contributed by atoms with E-state index in [-0.39, 0.29) is 6.04 Å². The van der Waals surface area contributed by atoms with E-state index in [4.69, 9.17) is 10.5 Å². The zero-order valence-corrected chi connectivity index (χ0v) is 11.4. The van der Waals surface area contributed by atoms with Crippen LogP contribution in [0.3, 0.4) is 0 Å². The summed E-state index contributed by atoms with van der Waals surface area (Å²) in [5, 5.41) is 0. The van der Waals surface area contributed by atoms with Crippen molar-refractivity contribution in [1.29, 1.82) is 0 Å². The van der Waals surface area contributed by atoms with Crippen LogP contribution in [-0.4, -0.2) is 11.1 Å². The van der Waals surface area contributed by atoms with E-state index in [2.05, 4.69) is 11.9 Å². The number of nitrogens with two attached hydrogens (primary N) is 1. The number of rotatable bonds is 4. The molecule has 0 bridgehead atoms. The van der Waals surface area contributed by atoms with Crippen molar-refractivity contribution in [3.05, 3.63) is 23.9 Å². The van der Waals surface area contributed by atoms with Crippen LogP contribution < -0.4 is 10.5 Å². The number of hydrogen-bond donors (Lipinski definition) is 1. The summed E-state index contributed by atoms with van der Waals surface area (Å²) in [5.41, 5.74) is 6.97. The molecule has 0 amide bonds. The van der Waals surface area contributed by atoms with Gasteiger partial charge in [0, 0.05) is 18.3 Å². The molecule has 0 aromatic carbocycles. The first-order chi connectivity index (χ1) is 8.70. The molecule has 1 aliphatic carbocycles. The van der Waals surface area contributed by atoms with Crippen molar-refractivity contribution in [2.24, 2.45) is 11.7 Å². The van der Waals surface area contributed by atoms with E-state index in [1.807, 2.05) is 19.1 Å². The van der Waals surface area contributed by atoms with Gasteiger partial charge in [0.1, 0.15) is 6.10 Å². The van der Waals surface area contributed by atoms with Gasteiger partial charge in [0.25, 0.3) is 0 Å². The molecule has 3 unspecified atom stereocenters. The number of aromatic nitrogens is 1. The second kappa shape index (κ2) is 6.19. The maximum absolute atomic E-state index is 6.08. The van der Waals surface area contributed by atoms with Crippen molar-refractivity contribution >= 4 is 0 Å². The first-order valence-electron chi connectivity index (χ1n) is 7.09. The Morgan fingerprint density at radius 3 is 2.94 bits per heavy atom. The third-order valence-corrected chi connectivity index (χ3v) is 3.92. The molecule has 3 atom stereocenters. The fraction of sp³-hybridized carbons (Fsp3) is 0.667. The van der Waals surface area contributed by atoms with Crippen LogP contribution in [0.25, 0.3) is 0 Å². The fourth-order valence-corrected chi connectivity index (χ4v) is 2.72. The highest BCUT2D eigenvalue weighted by atomic mass is 16.5. The molecule has 3 heteroatoms. The summed E-state index contributed by atoms with van der Waals surface area (Å²) in [6.45, 7) is 4.23. The lowest BCUT2D eigenvalue weighted by atomic mass is 9.85. The summed E-state index contributed by atoms with van der Waals surface area (Å²) in [6.07, 6.45) is 8.37. The molecule has 0 saturated heterocycles. The van der Waals surface area contributed by atoms with Crippen molar-refractivity contribution in [3.8, 4) is 5.88 Å². The molecular formula is C15H24N2O. The van der Waals surface area contributed by atoms with Crippen molar-refractivity contribution < 1.29 is 4.74 Å². The van der Waals surface area contributed by atoms with E-state index in [9.17, 15) is 0 Å². The average Bonchev–Trinajstić information content (AvgIpc) is 2.39. The van der Waals surface area contributed by atoms with Crippen molar-refractivity contribution in [1.82, 2.24) is 4.98 Å². The first kappa shape index (κ1) is 13.3. The lowest BCUT2D eigenvalue weighted by Crippen LogP contribution is -2.30. The Hall–Kier alpha value is -1.09. The summed E-state index contributed by atoms with van der Waals surface area (Å²) in [4.78, 5) is 4.31. The smallest absolute Gasteiger partial charge is 0.213 e. The topological polar surface area (TPSA) is 48.1 Å². The third kappa shape index (κ3) is 3.22. The Morgan fingerprint density at radius 1 is 1.44 bits per heavy atom. The van der Waals surface area contributed by atoms with Crippen LogP contribution in [0.5, 0.6) is 5.88 Å². The second-order valence-electron chi connectivity index (χ2n) is 5.33. The van der Waals surface area contributed by atoms with Crippen LogP contribution >= 0.6 is 0 Å². The predicted octanol–water partition coefficient (Wildman–Crippen LogP) is 3.45. The maximum atomic E-state index is 6.08. The number of pyridine rings is 1. The van der Waals surface area contributed by atoms with Gasteiger partial charge in [-0.2, -0.15) is 0 Å². The minimum Gasteiger partial charge on any atom is -0.474 e. The predicted molar refractivity (Wildman–Crippen MR) is 73.5 cm³/mol. The Bertz CT molecular complexity index is 379. The highest BCUT2D eigenvalue weighted by Crippen LogP contribution is 2.30. The van der Waals surface area contributed by atoms with Crippen LogP contribution in [0.1, 0.15) is 57.6 Å². The van der Waals surface area contributed by atoms with Gasteiger partial charge < -0.3 is 10.5 Å². The minimum atomic E-state index is 0.0312. The zero-order chi connectivity index (χ0) is 13.0. The molecule has 18 heavy (non-hydrogen) atoms. The monoisotopic (exact) mass is 248 g/mol. The van der Waals surface area contributed by atoms with E-state index in [0.717, 1.165) is 17.9 Å². The van der Waals surface area contributed by atoms with E-state index in [1.165, 1.54) is 25.7 Å². The van der Waals surface area contributed by atoms with E-state index >= 15 is 0 Å². The lowest BCUT2D eigenvalue weighted by molar-refractivity contribution is 0.0857. The van der Waals surface area contributed by atoms with Crippen LogP contribution in [0.2, 0.25) is 0 Å². The van der Waals surface area contributed by atoms with Gasteiger partial charge in [0.05, 0.1) is 0 Å². The van der Waals surface area contributed by atoms with Crippen LogP contribution in [0.4, 0.5) is 0 Å². The van der Waals surface area contributed by atoms with Gasteiger partial charge in [-0.25, -0.2) is 4.98 Å². The summed E-state index contributed by atoms with van der Waals surface area (Å²) in [6, 6.07) is 3.96. The average molecular weight is 248 g/mol. The largest absolute Gasteiger partial charge is 0.474 e. The maximum Gasteiger partial charge on any atom is 0.213 e. The van der Waals surface area contributed by atoms with Crippen molar-refractivity contribution in [2.45, 2.75) is 58.1 Å². The number of hydrogen-bond acceptors (Lipinski definition) is 3. The number of ether oxygens (including phenoxy) is 1. The molecule has 3 nitrogen and oxygen atoms in total. The number of nitrogens with zero attached hydrogens (tertiary/aromatic N) is 1. The van der Waals surface area contributed by atoms with Crippen molar-refractivity contribution in [2.75, 3.05) is 0 Å².